The maximum Gasteiger partial charge on any atom is 0.311 e. The Morgan fingerprint density at radius 2 is 1.03 bits per heavy atom. The zero-order chi connectivity index (χ0) is 26.5. The third kappa shape index (κ3) is 8.74. The second kappa shape index (κ2) is 15.6. The molecule has 0 saturated carbocycles. The number of hydrogen-bond acceptors (Lipinski definition) is 4. The number of hydrogen-bond donors (Lipinski definition) is 0. The zero-order valence-corrected chi connectivity index (χ0v) is 23.2. The summed E-state index contributed by atoms with van der Waals surface area (Å²) in [5, 5.41) is 3.39. The van der Waals surface area contributed by atoms with Crippen molar-refractivity contribution in [3.8, 4) is 11.5 Å². The van der Waals surface area contributed by atoms with Gasteiger partial charge in [0, 0.05) is 39.4 Å². The van der Waals surface area contributed by atoms with Crippen molar-refractivity contribution in [3.63, 3.8) is 0 Å². The SMILES string of the molecule is CCCCCCCCC(=O)Oc1c2ccccc2c(OC(=O)CCCCCCCC)c2cc(Cl)ccc12. The summed E-state index contributed by atoms with van der Waals surface area (Å²) < 4.78 is 11.9. The summed E-state index contributed by atoms with van der Waals surface area (Å²) in [5.74, 6) is 0.466. The summed E-state index contributed by atoms with van der Waals surface area (Å²) in [4.78, 5) is 25.6. The molecule has 37 heavy (non-hydrogen) atoms. The molecule has 3 rings (SSSR count). The van der Waals surface area contributed by atoms with Crippen LogP contribution in [0.1, 0.15) is 104 Å². The van der Waals surface area contributed by atoms with Gasteiger partial charge in [-0.05, 0) is 31.0 Å². The first-order valence-corrected chi connectivity index (χ1v) is 14.5. The van der Waals surface area contributed by atoms with Gasteiger partial charge in [-0.2, -0.15) is 0 Å². The van der Waals surface area contributed by atoms with Crippen LogP contribution in [0, 0.1) is 0 Å². The molecule has 0 aliphatic heterocycles. The molecule has 0 heterocycles. The zero-order valence-electron chi connectivity index (χ0n) is 22.5. The average molecular weight is 525 g/mol. The minimum absolute atomic E-state index is 0.246. The van der Waals surface area contributed by atoms with Gasteiger partial charge in [-0.3, -0.25) is 9.59 Å². The molecular weight excluding hydrogens is 484 g/mol. The summed E-state index contributed by atoms with van der Waals surface area (Å²) in [5.41, 5.74) is 0. The largest absolute Gasteiger partial charge is 0.425 e. The number of ether oxygens (including phenoxy) is 2. The van der Waals surface area contributed by atoms with Crippen molar-refractivity contribution < 1.29 is 19.1 Å². The van der Waals surface area contributed by atoms with Gasteiger partial charge in [-0.25, -0.2) is 0 Å². The van der Waals surface area contributed by atoms with E-state index in [-0.39, 0.29) is 11.9 Å². The lowest BCUT2D eigenvalue weighted by atomic mass is 10.0. The van der Waals surface area contributed by atoms with E-state index in [1.54, 1.807) is 12.1 Å². The van der Waals surface area contributed by atoms with Gasteiger partial charge in [0.2, 0.25) is 0 Å². The third-order valence-electron chi connectivity index (χ3n) is 6.79. The number of halogens is 1. The summed E-state index contributed by atoms with van der Waals surface area (Å²) >= 11 is 6.35. The minimum Gasteiger partial charge on any atom is -0.425 e. The fraction of sp³-hybridized carbons (Fsp3) is 0.500. The van der Waals surface area contributed by atoms with Crippen LogP contribution in [0.5, 0.6) is 11.5 Å². The first kappa shape index (κ1) is 29.0. The Balaban J connectivity index is 1.80. The number of esters is 2. The van der Waals surface area contributed by atoms with Gasteiger partial charge in [0.05, 0.1) is 0 Å². The molecule has 0 aliphatic rings. The molecule has 0 bridgehead atoms. The maximum atomic E-state index is 12.8. The van der Waals surface area contributed by atoms with E-state index in [1.165, 1.54) is 38.5 Å². The van der Waals surface area contributed by atoms with E-state index in [9.17, 15) is 9.59 Å². The summed E-state index contributed by atoms with van der Waals surface area (Å²) in [7, 11) is 0. The molecule has 3 aromatic carbocycles. The van der Waals surface area contributed by atoms with Crippen LogP contribution >= 0.6 is 11.6 Å². The summed E-state index contributed by atoms with van der Waals surface area (Å²) in [6, 6.07) is 13.0. The van der Waals surface area contributed by atoms with Crippen molar-refractivity contribution in [2.75, 3.05) is 0 Å². The highest BCUT2D eigenvalue weighted by Gasteiger charge is 2.20. The standard InChI is InChI=1S/C32H41ClO4/c1-3-5-7-9-11-13-19-29(34)36-31-25-17-15-16-18-26(25)32(28-23-24(33)21-22-27(28)31)37-30(35)20-14-12-10-8-6-4-2/h15-18,21-23H,3-14,19-20H2,1-2H3. The van der Waals surface area contributed by atoms with Crippen LogP contribution in [0.2, 0.25) is 5.02 Å². The Hall–Kier alpha value is -2.59. The normalized spacial score (nSPS) is 11.2. The molecule has 200 valence electrons. The van der Waals surface area contributed by atoms with Crippen molar-refractivity contribution in [3.05, 3.63) is 47.5 Å². The molecule has 0 amide bonds. The number of unbranched alkanes of at least 4 members (excludes halogenated alkanes) is 10. The number of benzene rings is 3. The number of carbonyl (C=O) groups excluding carboxylic acids is 2. The molecule has 0 saturated heterocycles. The van der Waals surface area contributed by atoms with E-state index in [1.807, 2.05) is 30.3 Å². The van der Waals surface area contributed by atoms with Crippen LogP contribution in [-0.4, -0.2) is 11.9 Å². The first-order valence-electron chi connectivity index (χ1n) is 14.1. The average Bonchev–Trinajstić information content (AvgIpc) is 2.90. The molecule has 5 heteroatoms. The maximum absolute atomic E-state index is 12.8. The van der Waals surface area contributed by atoms with Crippen LogP contribution < -0.4 is 9.47 Å². The highest BCUT2D eigenvalue weighted by atomic mass is 35.5. The Kier molecular flexibility index (Phi) is 12.2. The van der Waals surface area contributed by atoms with E-state index < -0.39 is 0 Å². The lowest BCUT2D eigenvalue weighted by Crippen LogP contribution is -2.10. The Morgan fingerprint density at radius 1 is 0.595 bits per heavy atom. The highest BCUT2D eigenvalue weighted by Crippen LogP contribution is 2.44. The fourth-order valence-electron chi connectivity index (χ4n) is 4.72. The predicted molar refractivity (Wildman–Crippen MR) is 154 cm³/mol. The second-order valence-corrected chi connectivity index (χ2v) is 10.3. The number of fused-ring (bicyclic) bond motifs is 2. The Morgan fingerprint density at radius 3 is 1.54 bits per heavy atom. The molecule has 0 atom stereocenters. The quantitative estimate of drug-likeness (QED) is 0.0809. The van der Waals surface area contributed by atoms with Gasteiger partial charge < -0.3 is 9.47 Å². The van der Waals surface area contributed by atoms with Gasteiger partial charge in [-0.1, -0.05) is 114 Å². The topological polar surface area (TPSA) is 52.6 Å². The monoisotopic (exact) mass is 524 g/mol. The molecule has 0 spiro atoms. The molecule has 4 nitrogen and oxygen atoms in total. The lowest BCUT2D eigenvalue weighted by molar-refractivity contribution is -0.135. The van der Waals surface area contributed by atoms with Gasteiger partial charge in [0.25, 0.3) is 0 Å². The van der Waals surface area contributed by atoms with Crippen LogP contribution in [0.4, 0.5) is 0 Å². The molecular formula is C32H41ClO4. The van der Waals surface area contributed by atoms with E-state index in [4.69, 9.17) is 21.1 Å². The molecule has 0 fully saturated rings. The van der Waals surface area contributed by atoms with Crippen molar-refractivity contribution in [2.24, 2.45) is 0 Å². The van der Waals surface area contributed by atoms with Crippen LogP contribution in [0.15, 0.2) is 42.5 Å². The number of rotatable bonds is 16. The molecule has 3 aromatic rings. The summed E-state index contributed by atoms with van der Waals surface area (Å²) in [6.07, 6.45) is 14.0. The predicted octanol–water partition coefficient (Wildman–Crippen LogP) is 9.96. The third-order valence-corrected chi connectivity index (χ3v) is 7.02. The van der Waals surface area contributed by atoms with Crippen molar-refractivity contribution in [1.29, 1.82) is 0 Å². The Bertz CT molecular complexity index is 1170. The van der Waals surface area contributed by atoms with Crippen LogP contribution in [-0.2, 0) is 9.59 Å². The van der Waals surface area contributed by atoms with Crippen LogP contribution in [0.25, 0.3) is 21.5 Å². The first-order chi connectivity index (χ1) is 18.0. The van der Waals surface area contributed by atoms with Gasteiger partial charge in [0.1, 0.15) is 11.5 Å². The van der Waals surface area contributed by atoms with Gasteiger partial charge in [-0.15, -0.1) is 0 Å². The summed E-state index contributed by atoms with van der Waals surface area (Å²) in [6.45, 7) is 4.39. The van der Waals surface area contributed by atoms with Gasteiger partial charge >= 0.3 is 11.9 Å². The molecule has 0 N–H and O–H groups in total. The van der Waals surface area contributed by atoms with E-state index >= 15 is 0 Å². The Labute approximate surface area is 226 Å². The second-order valence-electron chi connectivity index (χ2n) is 9.88. The van der Waals surface area contributed by atoms with E-state index in [2.05, 4.69) is 13.8 Å². The van der Waals surface area contributed by atoms with E-state index in [0.29, 0.717) is 40.1 Å². The molecule has 0 aromatic heterocycles. The number of carbonyl (C=O) groups is 2. The molecule has 0 aliphatic carbocycles. The van der Waals surface area contributed by atoms with E-state index in [0.717, 1.165) is 49.3 Å². The smallest absolute Gasteiger partial charge is 0.311 e. The fourth-order valence-corrected chi connectivity index (χ4v) is 4.89. The van der Waals surface area contributed by atoms with Crippen molar-refractivity contribution in [2.45, 2.75) is 104 Å². The van der Waals surface area contributed by atoms with Crippen molar-refractivity contribution in [1.82, 2.24) is 0 Å². The highest BCUT2D eigenvalue weighted by molar-refractivity contribution is 6.31. The van der Waals surface area contributed by atoms with Crippen LogP contribution in [0.3, 0.4) is 0 Å². The van der Waals surface area contributed by atoms with Crippen molar-refractivity contribution >= 4 is 45.1 Å². The minimum atomic E-state index is -0.255. The van der Waals surface area contributed by atoms with Gasteiger partial charge in [0.15, 0.2) is 0 Å². The molecule has 0 radical (unpaired) electrons. The molecule has 0 unspecified atom stereocenters. The lowest BCUT2D eigenvalue weighted by Gasteiger charge is -2.17.